The molecule has 2 aromatic heterocycles. The summed E-state index contributed by atoms with van der Waals surface area (Å²) in [6, 6.07) is 14.0. The zero-order valence-electron chi connectivity index (χ0n) is 20.7. The Labute approximate surface area is 204 Å². The minimum absolute atomic E-state index is 0.0590. The highest BCUT2D eigenvalue weighted by Gasteiger charge is 2.26. The van der Waals surface area contributed by atoms with Gasteiger partial charge in [0.15, 0.2) is 5.65 Å². The number of nitrogens with zero attached hydrogens (tertiary/aromatic N) is 5. The molecule has 8 heteroatoms. The van der Waals surface area contributed by atoms with Crippen LogP contribution in [0.25, 0.3) is 16.7 Å². The number of nitrogens with one attached hydrogen (secondary N) is 2. The van der Waals surface area contributed by atoms with Crippen LogP contribution in [0.15, 0.2) is 47.4 Å². The van der Waals surface area contributed by atoms with Gasteiger partial charge in [-0.2, -0.15) is 10.2 Å². The molecule has 0 spiro atoms. The van der Waals surface area contributed by atoms with Crippen molar-refractivity contribution < 1.29 is 0 Å². The topological polar surface area (TPSA) is 101 Å². The standard InChI is InChI=1S/C27H29N7O/c1-16(2)33-25(35)22-15-29-26(31-20-7-9-23-18(13-20)10-11-30-27(23,4)5)32-24(22)34(33)21-8-6-19(14-28)17(3)12-21/h6-9,12-13,15-16,30H,10-11H2,1-5H3,(H,29,31,32). The summed E-state index contributed by atoms with van der Waals surface area (Å²) >= 11 is 0. The van der Waals surface area contributed by atoms with Gasteiger partial charge in [0.1, 0.15) is 5.39 Å². The van der Waals surface area contributed by atoms with E-state index in [9.17, 15) is 10.1 Å². The molecule has 0 unspecified atom stereocenters. The van der Waals surface area contributed by atoms with Gasteiger partial charge in [0, 0.05) is 23.5 Å². The molecule has 1 aliphatic rings. The molecule has 0 bridgehead atoms. The molecule has 0 atom stereocenters. The number of hydrogen-bond donors (Lipinski definition) is 2. The maximum Gasteiger partial charge on any atom is 0.278 e. The second-order valence-electron chi connectivity index (χ2n) is 9.90. The Morgan fingerprint density at radius 2 is 2.00 bits per heavy atom. The van der Waals surface area contributed by atoms with Gasteiger partial charge in [-0.15, -0.1) is 0 Å². The first-order valence-corrected chi connectivity index (χ1v) is 11.9. The summed E-state index contributed by atoms with van der Waals surface area (Å²) < 4.78 is 3.50. The van der Waals surface area contributed by atoms with Crippen LogP contribution < -0.4 is 16.2 Å². The molecule has 35 heavy (non-hydrogen) atoms. The second kappa shape index (κ2) is 8.36. The highest BCUT2D eigenvalue weighted by atomic mass is 16.1. The Balaban J connectivity index is 1.61. The summed E-state index contributed by atoms with van der Waals surface area (Å²) in [6.07, 6.45) is 2.55. The van der Waals surface area contributed by atoms with Gasteiger partial charge < -0.3 is 10.6 Å². The Morgan fingerprint density at radius 1 is 1.20 bits per heavy atom. The van der Waals surface area contributed by atoms with E-state index in [1.54, 1.807) is 16.9 Å². The van der Waals surface area contributed by atoms with Gasteiger partial charge in [0.2, 0.25) is 5.95 Å². The van der Waals surface area contributed by atoms with E-state index in [0.717, 1.165) is 29.9 Å². The molecule has 8 nitrogen and oxygen atoms in total. The molecular formula is C27H29N7O. The van der Waals surface area contributed by atoms with Crippen LogP contribution >= 0.6 is 0 Å². The van der Waals surface area contributed by atoms with E-state index < -0.39 is 0 Å². The lowest BCUT2D eigenvalue weighted by Crippen LogP contribution is -2.42. The lowest BCUT2D eigenvalue weighted by molar-refractivity contribution is 0.382. The lowest BCUT2D eigenvalue weighted by Gasteiger charge is -2.34. The van der Waals surface area contributed by atoms with E-state index >= 15 is 0 Å². The first-order chi connectivity index (χ1) is 16.7. The molecule has 1 aliphatic heterocycles. The predicted molar refractivity (Wildman–Crippen MR) is 137 cm³/mol. The van der Waals surface area contributed by atoms with Crippen LogP contribution in [0.1, 0.15) is 56.0 Å². The Hall–Kier alpha value is -3.96. The number of rotatable bonds is 4. The van der Waals surface area contributed by atoms with E-state index in [-0.39, 0.29) is 17.1 Å². The molecule has 0 saturated heterocycles. The molecule has 178 valence electrons. The fraction of sp³-hybridized carbons (Fsp3) is 0.333. The summed E-state index contributed by atoms with van der Waals surface area (Å²) in [7, 11) is 0. The number of aryl methyl sites for hydroxylation is 1. The fourth-order valence-electron chi connectivity index (χ4n) is 4.90. The number of aromatic nitrogens is 4. The van der Waals surface area contributed by atoms with Crippen molar-refractivity contribution in [3.63, 3.8) is 0 Å². The third-order valence-corrected chi connectivity index (χ3v) is 6.68. The van der Waals surface area contributed by atoms with Crippen molar-refractivity contribution in [2.75, 3.05) is 11.9 Å². The van der Waals surface area contributed by atoms with Crippen molar-refractivity contribution in [2.45, 2.75) is 52.6 Å². The van der Waals surface area contributed by atoms with Crippen LogP contribution in [0.2, 0.25) is 0 Å². The highest BCUT2D eigenvalue weighted by molar-refractivity contribution is 5.77. The third kappa shape index (κ3) is 3.88. The van der Waals surface area contributed by atoms with Gasteiger partial charge in [-0.3, -0.25) is 4.79 Å². The zero-order chi connectivity index (χ0) is 24.9. The largest absolute Gasteiger partial charge is 0.324 e. The molecule has 2 aromatic carbocycles. The molecule has 5 rings (SSSR count). The van der Waals surface area contributed by atoms with Crippen LogP contribution in [-0.4, -0.2) is 25.9 Å². The van der Waals surface area contributed by atoms with Crippen LogP contribution in [0.4, 0.5) is 11.6 Å². The van der Waals surface area contributed by atoms with E-state index in [2.05, 4.69) is 47.7 Å². The smallest absolute Gasteiger partial charge is 0.278 e. The second-order valence-corrected chi connectivity index (χ2v) is 9.90. The Bertz CT molecular complexity index is 1550. The van der Waals surface area contributed by atoms with Gasteiger partial charge in [-0.25, -0.2) is 14.3 Å². The number of anilines is 2. The predicted octanol–water partition coefficient (Wildman–Crippen LogP) is 4.47. The minimum atomic E-state index is -0.146. The lowest BCUT2D eigenvalue weighted by atomic mass is 9.85. The van der Waals surface area contributed by atoms with Gasteiger partial charge in [-0.1, -0.05) is 6.07 Å². The highest BCUT2D eigenvalue weighted by Crippen LogP contribution is 2.31. The number of hydrogen-bond acceptors (Lipinski definition) is 6. The van der Waals surface area contributed by atoms with Crippen molar-refractivity contribution >= 4 is 22.7 Å². The quantitative estimate of drug-likeness (QED) is 0.459. The van der Waals surface area contributed by atoms with Crippen molar-refractivity contribution in [3.8, 4) is 11.8 Å². The average molecular weight is 468 g/mol. The van der Waals surface area contributed by atoms with Gasteiger partial charge in [0.25, 0.3) is 5.56 Å². The Kier molecular flexibility index (Phi) is 5.45. The average Bonchev–Trinajstić information content (AvgIpc) is 3.10. The maximum atomic E-state index is 13.2. The number of nitriles is 1. The van der Waals surface area contributed by atoms with E-state index in [4.69, 9.17) is 4.98 Å². The van der Waals surface area contributed by atoms with Gasteiger partial charge in [-0.05, 0) is 94.6 Å². The summed E-state index contributed by atoms with van der Waals surface area (Å²) in [5.41, 5.74) is 6.04. The van der Waals surface area contributed by atoms with Crippen LogP contribution in [0.5, 0.6) is 0 Å². The fourth-order valence-corrected chi connectivity index (χ4v) is 4.90. The van der Waals surface area contributed by atoms with Crippen molar-refractivity contribution in [1.82, 2.24) is 24.6 Å². The molecule has 0 saturated carbocycles. The molecular weight excluding hydrogens is 438 g/mol. The minimum Gasteiger partial charge on any atom is -0.324 e. The molecule has 0 amide bonds. The summed E-state index contributed by atoms with van der Waals surface area (Å²) in [4.78, 5) is 22.5. The molecule has 2 N–H and O–H groups in total. The van der Waals surface area contributed by atoms with E-state index in [0.29, 0.717) is 22.5 Å². The van der Waals surface area contributed by atoms with Crippen molar-refractivity contribution in [2.24, 2.45) is 0 Å². The zero-order valence-corrected chi connectivity index (χ0v) is 20.7. The van der Waals surface area contributed by atoms with Crippen molar-refractivity contribution in [3.05, 3.63) is 75.2 Å². The van der Waals surface area contributed by atoms with E-state index in [1.807, 2.05) is 43.7 Å². The maximum absolute atomic E-state index is 13.2. The molecule has 0 fully saturated rings. The Morgan fingerprint density at radius 3 is 2.71 bits per heavy atom. The van der Waals surface area contributed by atoms with Crippen LogP contribution in [0, 0.1) is 18.3 Å². The first kappa shape index (κ1) is 22.8. The molecule has 0 radical (unpaired) electrons. The number of fused-ring (bicyclic) bond motifs is 2. The van der Waals surface area contributed by atoms with Gasteiger partial charge in [0.05, 0.1) is 17.3 Å². The molecule has 4 aromatic rings. The number of benzene rings is 2. The SMILES string of the molecule is Cc1cc(-n2c3nc(Nc4ccc5c(c4)CCNC5(C)C)ncc3c(=O)n2C(C)C)ccc1C#N. The van der Waals surface area contributed by atoms with Gasteiger partial charge >= 0.3 is 0 Å². The summed E-state index contributed by atoms with van der Waals surface area (Å²) in [5.74, 6) is 0.422. The summed E-state index contributed by atoms with van der Waals surface area (Å²) in [6.45, 7) is 11.1. The third-order valence-electron chi connectivity index (χ3n) is 6.68. The van der Waals surface area contributed by atoms with E-state index in [1.165, 1.54) is 11.1 Å². The van der Waals surface area contributed by atoms with Crippen LogP contribution in [-0.2, 0) is 12.0 Å². The molecule has 3 heterocycles. The monoisotopic (exact) mass is 467 g/mol. The van der Waals surface area contributed by atoms with Crippen LogP contribution in [0.3, 0.4) is 0 Å². The summed E-state index contributed by atoms with van der Waals surface area (Å²) in [5, 5.41) is 16.7. The van der Waals surface area contributed by atoms with Crippen molar-refractivity contribution in [1.29, 1.82) is 5.26 Å². The first-order valence-electron chi connectivity index (χ1n) is 11.9. The normalized spacial score (nSPS) is 14.7. The molecule has 0 aliphatic carbocycles.